The van der Waals surface area contributed by atoms with Gasteiger partial charge >= 0.3 is 0 Å². The maximum absolute atomic E-state index is 13.2. The zero-order chi connectivity index (χ0) is 19.2. The van der Waals surface area contributed by atoms with Crippen molar-refractivity contribution in [1.29, 1.82) is 0 Å². The Labute approximate surface area is 160 Å². The van der Waals surface area contributed by atoms with E-state index in [1.54, 1.807) is 7.05 Å². The molecule has 2 N–H and O–H groups in total. The summed E-state index contributed by atoms with van der Waals surface area (Å²) < 4.78 is 19.2. The zero-order valence-electron chi connectivity index (χ0n) is 16.1. The van der Waals surface area contributed by atoms with Crippen molar-refractivity contribution in [2.45, 2.75) is 18.6 Å². The fraction of sp³-hybridized carbons (Fsp3) is 0.381. The van der Waals surface area contributed by atoms with Crippen LogP contribution in [-0.2, 0) is 6.42 Å². The third-order valence-electron chi connectivity index (χ3n) is 4.78. The lowest BCUT2D eigenvalue weighted by Gasteiger charge is -2.26. The zero-order valence-corrected chi connectivity index (χ0v) is 16.1. The summed E-state index contributed by atoms with van der Waals surface area (Å²) in [5.41, 5.74) is 2.30. The maximum Gasteiger partial charge on any atom is 0.191 e. The fourth-order valence-electron chi connectivity index (χ4n) is 3.28. The van der Waals surface area contributed by atoms with Gasteiger partial charge in [-0.05, 0) is 43.4 Å². The Kier molecular flexibility index (Phi) is 6.29. The lowest BCUT2D eigenvalue weighted by atomic mass is 10.1. The van der Waals surface area contributed by atoms with Crippen molar-refractivity contribution < 1.29 is 9.13 Å². The molecule has 0 radical (unpaired) electrons. The summed E-state index contributed by atoms with van der Waals surface area (Å²) in [6.07, 6.45) is 0.999. The first-order chi connectivity index (χ1) is 13.1. The number of para-hydroxylation sites is 1. The monoisotopic (exact) mass is 370 g/mol. The molecule has 0 spiro atoms. The summed E-state index contributed by atoms with van der Waals surface area (Å²) in [7, 11) is 5.77. The largest absolute Gasteiger partial charge is 0.488 e. The SMILES string of the molecule is CN=C(NCC1Cc2ccccc2O1)NCC(c1ccc(F)cc1)N(C)C. The van der Waals surface area contributed by atoms with Crippen molar-refractivity contribution in [2.75, 3.05) is 34.2 Å². The number of ether oxygens (including phenoxy) is 1. The van der Waals surface area contributed by atoms with Gasteiger partial charge in [0.25, 0.3) is 0 Å². The Morgan fingerprint density at radius 1 is 1.19 bits per heavy atom. The molecule has 144 valence electrons. The standard InChI is InChI=1S/C21H27FN4O/c1-23-21(24-13-18-12-16-6-4-5-7-20(16)27-18)25-14-19(26(2)3)15-8-10-17(22)11-9-15/h4-11,18-19H,12-14H2,1-3H3,(H2,23,24,25). The first-order valence-electron chi connectivity index (χ1n) is 9.18. The van der Waals surface area contributed by atoms with E-state index in [1.165, 1.54) is 17.7 Å². The Morgan fingerprint density at radius 3 is 2.59 bits per heavy atom. The highest BCUT2D eigenvalue weighted by molar-refractivity contribution is 5.79. The molecule has 0 aromatic heterocycles. The fourth-order valence-corrected chi connectivity index (χ4v) is 3.28. The van der Waals surface area contributed by atoms with Gasteiger partial charge in [0.2, 0.25) is 0 Å². The molecular weight excluding hydrogens is 343 g/mol. The summed E-state index contributed by atoms with van der Waals surface area (Å²) in [5, 5.41) is 6.69. The predicted molar refractivity (Wildman–Crippen MR) is 107 cm³/mol. The van der Waals surface area contributed by atoms with Crippen LogP contribution in [0.5, 0.6) is 5.75 Å². The summed E-state index contributed by atoms with van der Waals surface area (Å²) in [6.45, 7) is 1.33. The highest BCUT2D eigenvalue weighted by Gasteiger charge is 2.22. The number of halogens is 1. The molecule has 0 bridgehead atoms. The molecule has 1 aliphatic rings. The van der Waals surface area contributed by atoms with Crippen molar-refractivity contribution in [2.24, 2.45) is 4.99 Å². The number of benzene rings is 2. The van der Waals surface area contributed by atoms with Gasteiger partial charge in [-0.25, -0.2) is 4.39 Å². The number of guanidine groups is 1. The van der Waals surface area contributed by atoms with Gasteiger partial charge in [0.1, 0.15) is 17.7 Å². The molecule has 0 amide bonds. The molecule has 0 fully saturated rings. The van der Waals surface area contributed by atoms with E-state index in [0.717, 1.165) is 23.7 Å². The van der Waals surface area contributed by atoms with Crippen molar-refractivity contribution in [3.8, 4) is 5.75 Å². The van der Waals surface area contributed by atoms with Gasteiger partial charge in [0.15, 0.2) is 5.96 Å². The number of fused-ring (bicyclic) bond motifs is 1. The average molecular weight is 370 g/mol. The summed E-state index contributed by atoms with van der Waals surface area (Å²) in [5.74, 6) is 1.47. The summed E-state index contributed by atoms with van der Waals surface area (Å²) >= 11 is 0. The first kappa shape index (κ1) is 19.2. The smallest absolute Gasteiger partial charge is 0.191 e. The summed E-state index contributed by atoms with van der Waals surface area (Å²) in [4.78, 5) is 6.40. The molecule has 1 heterocycles. The Hall–Kier alpha value is -2.60. The van der Waals surface area contributed by atoms with Crippen LogP contribution >= 0.6 is 0 Å². The van der Waals surface area contributed by atoms with Crippen LogP contribution in [0, 0.1) is 5.82 Å². The highest BCUT2D eigenvalue weighted by atomic mass is 19.1. The maximum atomic E-state index is 13.2. The van der Waals surface area contributed by atoms with Crippen LogP contribution in [0.4, 0.5) is 4.39 Å². The lowest BCUT2D eigenvalue weighted by molar-refractivity contribution is 0.234. The third kappa shape index (κ3) is 4.98. The van der Waals surface area contributed by atoms with E-state index in [-0.39, 0.29) is 18.0 Å². The minimum Gasteiger partial charge on any atom is -0.488 e. The number of nitrogens with one attached hydrogen (secondary N) is 2. The predicted octanol–water partition coefficient (Wildman–Crippen LogP) is 2.60. The van der Waals surface area contributed by atoms with Crippen LogP contribution in [0.15, 0.2) is 53.5 Å². The Balaban J connectivity index is 1.52. The van der Waals surface area contributed by atoms with E-state index in [9.17, 15) is 4.39 Å². The number of hydrogen-bond acceptors (Lipinski definition) is 3. The molecule has 2 aromatic carbocycles. The van der Waals surface area contributed by atoms with Gasteiger partial charge in [-0.2, -0.15) is 0 Å². The number of aliphatic imine (C=N–C) groups is 1. The number of rotatable bonds is 6. The van der Waals surface area contributed by atoms with Crippen LogP contribution < -0.4 is 15.4 Å². The molecule has 27 heavy (non-hydrogen) atoms. The molecule has 2 aromatic rings. The van der Waals surface area contributed by atoms with Crippen molar-refractivity contribution >= 4 is 5.96 Å². The van der Waals surface area contributed by atoms with E-state index in [0.29, 0.717) is 13.1 Å². The van der Waals surface area contributed by atoms with E-state index in [4.69, 9.17) is 4.74 Å². The van der Waals surface area contributed by atoms with Crippen LogP contribution in [0.3, 0.4) is 0 Å². The van der Waals surface area contributed by atoms with Gasteiger partial charge in [-0.15, -0.1) is 0 Å². The molecule has 5 nitrogen and oxygen atoms in total. The minimum absolute atomic E-state index is 0.0997. The molecule has 2 atom stereocenters. The van der Waals surface area contributed by atoms with Crippen LogP contribution in [0.1, 0.15) is 17.2 Å². The first-order valence-corrected chi connectivity index (χ1v) is 9.18. The number of likely N-dealkylation sites (N-methyl/N-ethyl adjacent to an activating group) is 1. The molecule has 3 rings (SSSR count). The van der Waals surface area contributed by atoms with E-state index >= 15 is 0 Å². The van der Waals surface area contributed by atoms with Gasteiger partial charge in [-0.3, -0.25) is 4.99 Å². The number of hydrogen-bond donors (Lipinski definition) is 2. The average Bonchev–Trinajstić information content (AvgIpc) is 3.08. The van der Waals surface area contributed by atoms with Gasteiger partial charge in [0, 0.05) is 20.0 Å². The van der Waals surface area contributed by atoms with Crippen molar-refractivity contribution in [3.05, 3.63) is 65.5 Å². The minimum atomic E-state index is -0.223. The van der Waals surface area contributed by atoms with Crippen LogP contribution in [-0.4, -0.2) is 51.2 Å². The third-order valence-corrected chi connectivity index (χ3v) is 4.78. The molecule has 6 heteroatoms. The molecule has 0 saturated heterocycles. The molecule has 1 aliphatic heterocycles. The summed E-state index contributed by atoms with van der Waals surface area (Å²) in [6, 6.07) is 14.9. The normalized spacial score (nSPS) is 17.4. The Bertz CT molecular complexity index is 751. The van der Waals surface area contributed by atoms with Crippen LogP contribution in [0.25, 0.3) is 0 Å². The topological polar surface area (TPSA) is 48.9 Å². The van der Waals surface area contributed by atoms with Crippen molar-refractivity contribution in [3.63, 3.8) is 0 Å². The second-order valence-electron chi connectivity index (χ2n) is 6.92. The van der Waals surface area contributed by atoms with E-state index in [1.807, 2.05) is 44.4 Å². The van der Waals surface area contributed by atoms with Gasteiger partial charge in [0.05, 0.1) is 12.6 Å². The lowest BCUT2D eigenvalue weighted by Crippen LogP contribution is -2.44. The molecule has 2 unspecified atom stereocenters. The highest BCUT2D eigenvalue weighted by Crippen LogP contribution is 2.27. The molecular formula is C21H27FN4O. The number of nitrogens with zero attached hydrogens (tertiary/aromatic N) is 2. The Morgan fingerprint density at radius 2 is 1.93 bits per heavy atom. The van der Waals surface area contributed by atoms with E-state index in [2.05, 4.69) is 26.6 Å². The van der Waals surface area contributed by atoms with Crippen LogP contribution in [0.2, 0.25) is 0 Å². The van der Waals surface area contributed by atoms with Crippen molar-refractivity contribution in [1.82, 2.24) is 15.5 Å². The molecule has 0 saturated carbocycles. The van der Waals surface area contributed by atoms with Gasteiger partial charge in [-0.1, -0.05) is 30.3 Å². The second kappa shape index (κ2) is 8.86. The quantitative estimate of drug-likeness (QED) is 0.606. The molecule has 0 aliphatic carbocycles. The second-order valence-corrected chi connectivity index (χ2v) is 6.92. The van der Waals surface area contributed by atoms with E-state index < -0.39 is 0 Å². The van der Waals surface area contributed by atoms with Gasteiger partial charge < -0.3 is 20.3 Å².